The quantitative estimate of drug-likeness (QED) is 0.654. The van der Waals surface area contributed by atoms with Crippen molar-refractivity contribution in [2.75, 3.05) is 0 Å². The van der Waals surface area contributed by atoms with Gasteiger partial charge in [-0.05, 0) is 34.7 Å². The van der Waals surface area contributed by atoms with E-state index in [9.17, 15) is 5.11 Å². The summed E-state index contributed by atoms with van der Waals surface area (Å²) in [6.07, 6.45) is 6.24. The molecular weight excluding hydrogens is 336 g/mol. The number of rotatable bonds is 4. The van der Waals surface area contributed by atoms with Crippen LogP contribution >= 0.6 is 0 Å². The van der Waals surface area contributed by atoms with Gasteiger partial charge in [0.1, 0.15) is 0 Å². The lowest BCUT2D eigenvalue weighted by Crippen LogP contribution is -2.67. The highest BCUT2D eigenvalue weighted by molar-refractivity contribution is 6.99. The summed E-state index contributed by atoms with van der Waals surface area (Å²) in [5, 5.41) is 12.8. The maximum absolute atomic E-state index is 10.3. The van der Waals surface area contributed by atoms with Crippen LogP contribution in [-0.4, -0.2) is 25.6 Å². The number of hydrogen-bond donors (Lipinski definition) is 1. The van der Waals surface area contributed by atoms with Gasteiger partial charge in [0.25, 0.3) is 8.32 Å². The topological polar surface area (TPSA) is 29.5 Å². The van der Waals surface area contributed by atoms with Gasteiger partial charge in [0.2, 0.25) is 0 Å². The van der Waals surface area contributed by atoms with Crippen molar-refractivity contribution in [1.82, 2.24) is 0 Å². The predicted molar refractivity (Wildman–Crippen MR) is 111 cm³/mol. The Bertz CT molecular complexity index is 679. The van der Waals surface area contributed by atoms with E-state index in [1.165, 1.54) is 10.4 Å². The van der Waals surface area contributed by atoms with E-state index < -0.39 is 8.32 Å². The molecular formula is C23H30O2Si. The van der Waals surface area contributed by atoms with E-state index in [1.807, 2.05) is 0 Å². The maximum Gasteiger partial charge on any atom is 0.261 e. The van der Waals surface area contributed by atoms with Crippen LogP contribution in [0.1, 0.15) is 40.0 Å². The SMILES string of the molecule is CC(C)(C)[Si](O[C@H]1CC=CC[C@@H](O)C1)(c1ccccc1)c1ccccc1. The van der Waals surface area contributed by atoms with Gasteiger partial charge in [0, 0.05) is 0 Å². The molecule has 0 heterocycles. The first-order chi connectivity index (χ1) is 12.4. The van der Waals surface area contributed by atoms with Crippen molar-refractivity contribution in [1.29, 1.82) is 0 Å². The Kier molecular flexibility index (Phi) is 5.81. The molecule has 2 atom stereocenters. The summed E-state index contributed by atoms with van der Waals surface area (Å²) in [7, 11) is -2.53. The summed E-state index contributed by atoms with van der Waals surface area (Å²) in [4.78, 5) is 0. The zero-order valence-electron chi connectivity index (χ0n) is 16.1. The average Bonchev–Trinajstić information content (AvgIpc) is 2.84. The van der Waals surface area contributed by atoms with E-state index >= 15 is 0 Å². The zero-order valence-corrected chi connectivity index (χ0v) is 17.1. The third kappa shape index (κ3) is 3.85. The summed E-state index contributed by atoms with van der Waals surface area (Å²) in [5.74, 6) is 0. The van der Waals surface area contributed by atoms with E-state index in [2.05, 4.69) is 93.6 Å². The van der Waals surface area contributed by atoms with Crippen LogP contribution in [0.25, 0.3) is 0 Å². The number of aliphatic hydroxyl groups excluding tert-OH is 1. The van der Waals surface area contributed by atoms with Crippen LogP contribution in [0.2, 0.25) is 5.04 Å². The highest BCUT2D eigenvalue weighted by Crippen LogP contribution is 2.38. The van der Waals surface area contributed by atoms with E-state index in [-0.39, 0.29) is 17.2 Å². The Morgan fingerprint density at radius 2 is 1.35 bits per heavy atom. The summed E-state index contributed by atoms with van der Waals surface area (Å²) in [6, 6.07) is 21.4. The fourth-order valence-electron chi connectivity index (χ4n) is 4.03. The Hall–Kier alpha value is -1.68. The standard InChI is InChI=1S/C23H30O2Si/c1-23(2,3)26(21-14-6-4-7-15-21,22-16-8-5-9-17-22)25-20-13-11-10-12-19(24)18-20/h4-11,14-17,19-20,24H,12-13,18H2,1-3H3/t19-,20+/m1/s1. The summed E-state index contributed by atoms with van der Waals surface area (Å²) >= 11 is 0. The number of benzene rings is 2. The van der Waals surface area contributed by atoms with E-state index in [0.717, 1.165) is 12.8 Å². The molecule has 0 saturated heterocycles. The first-order valence-electron chi connectivity index (χ1n) is 9.55. The molecule has 2 aromatic carbocycles. The van der Waals surface area contributed by atoms with Crippen LogP contribution in [0.15, 0.2) is 72.8 Å². The molecule has 0 amide bonds. The fraction of sp³-hybridized carbons (Fsp3) is 0.391. The Morgan fingerprint density at radius 3 is 1.85 bits per heavy atom. The van der Waals surface area contributed by atoms with Gasteiger partial charge < -0.3 is 9.53 Å². The minimum atomic E-state index is -2.53. The van der Waals surface area contributed by atoms with Crippen molar-refractivity contribution in [3.05, 3.63) is 72.8 Å². The summed E-state index contributed by atoms with van der Waals surface area (Å²) in [5.41, 5.74) is 0. The molecule has 2 nitrogen and oxygen atoms in total. The molecule has 0 spiro atoms. The van der Waals surface area contributed by atoms with Crippen LogP contribution in [0, 0.1) is 0 Å². The molecule has 3 rings (SSSR count). The third-order valence-corrected chi connectivity index (χ3v) is 10.4. The Morgan fingerprint density at radius 1 is 0.846 bits per heavy atom. The normalized spacial score (nSPS) is 21.4. The molecule has 0 saturated carbocycles. The van der Waals surface area contributed by atoms with Crippen molar-refractivity contribution < 1.29 is 9.53 Å². The Balaban J connectivity index is 2.13. The van der Waals surface area contributed by atoms with Crippen LogP contribution < -0.4 is 10.4 Å². The maximum atomic E-state index is 10.3. The van der Waals surface area contributed by atoms with Crippen molar-refractivity contribution in [3.8, 4) is 0 Å². The third-order valence-electron chi connectivity index (χ3n) is 5.27. The molecule has 0 fully saturated rings. The molecule has 26 heavy (non-hydrogen) atoms. The van der Waals surface area contributed by atoms with E-state index in [1.54, 1.807) is 0 Å². The number of aliphatic hydroxyl groups is 1. The van der Waals surface area contributed by atoms with Crippen molar-refractivity contribution in [2.24, 2.45) is 0 Å². The molecule has 0 unspecified atom stereocenters. The van der Waals surface area contributed by atoms with Crippen molar-refractivity contribution >= 4 is 18.7 Å². The highest BCUT2D eigenvalue weighted by Gasteiger charge is 2.51. The van der Waals surface area contributed by atoms with Gasteiger partial charge in [-0.15, -0.1) is 0 Å². The Labute approximate surface area is 158 Å². The predicted octanol–water partition coefficient (Wildman–Crippen LogP) is 4.03. The lowest BCUT2D eigenvalue weighted by molar-refractivity contribution is 0.0959. The van der Waals surface area contributed by atoms with E-state index in [0.29, 0.717) is 6.42 Å². The molecule has 0 aliphatic heterocycles. The van der Waals surface area contributed by atoms with Crippen LogP contribution in [0.3, 0.4) is 0 Å². The van der Waals surface area contributed by atoms with Crippen molar-refractivity contribution in [3.63, 3.8) is 0 Å². The highest BCUT2D eigenvalue weighted by atomic mass is 28.4. The second-order valence-corrected chi connectivity index (χ2v) is 12.5. The van der Waals surface area contributed by atoms with Crippen LogP contribution in [0.5, 0.6) is 0 Å². The average molecular weight is 367 g/mol. The number of hydrogen-bond acceptors (Lipinski definition) is 2. The first-order valence-corrected chi connectivity index (χ1v) is 11.5. The molecule has 0 bridgehead atoms. The zero-order chi connectivity index (χ0) is 18.6. The van der Waals surface area contributed by atoms with Gasteiger partial charge in [-0.2, -0.15) is 0 Å². The summed E-state index contributed by atoms with van der Waals surface area (Å²) < 4.78 is 7.09. The second-order valence-electron chi connectivity index (χ2n) is 8.24. The lowest BCUT2D eigenvalue weighted by atomic mass is 10.1. The van der Waals surface area contributed by atoms with Gasteiger partial charge in [0.05, 0.1) is 12.2 Å². The van der Waals surface area contributed by atoms with Gasteiger partial charge >= 0.3 is 0 Å². The second kappa shape index (κ2) is 7.91. The minimum absolute atomic E-state index is 0.0311. The fourth-order valence-corrected chi connectivity index (χ4v) is 8.74. The van der Waals surface area contributed by atoms with Crippen molar-refractivity contribution in [2.45, 2.75) is 57.3 Å². The molecule has 1 aliphatic carbocycles. The van der Waals surface area contributed by atoms with Gasteiger partial charge in [-0.1, -0.05) is 93.6 Å². The molecule has 1 aliphatic rings. The van der Waals surface area contributed by atoms with Crippen LogP contribution in [-0.2, 0) is 4.43 Å². The first kappa shape index (κ1) is 19.1. The summed E-state index contributed by atoms with van der Waals surface area (Å²) in [6.45, 7) is 6.88. The lowest BCUT2D eigenvalue weighted by Gasteiger charge is -2.45. The van der Waals surface area contributed by atoms with E-state index in [4.69, 9.17) is 4.43 Å². The van der Waals surface area contributed by atoms with Crippen LogP contribution in [0.4, 0.5) is 0 Å². The smallest absolute Gasteiger partial charge is 0.261 e. The molecule has 0 aromatic heterocycles. The minimum Gasteiger partial charge on any atom is -0.404 e. The van der Waals surface area contributed by atoms with Gasteiger partial charge in [-0.25, -0.2) is 0 Å². The molecule has 1 N–H and O–H groups in total. The molecule has 0 radical (unpaired) electrons. The van der Waals surface area contributed by atoms with Gasteiger partial charge in [-0.3, -0.25) is 0 Å². The van der Waals surface area contributed by atoms with Gasteiger partial charge in [0.15, 0.2) is 0 Å². The molecule has 138 valence electrons. The monoisotopic (exact) mass is 366 g/mol. The largest absolute Gasteiger partial charge is 0.404 e. The molecule has 3 heteroatoms. The molecule has 2 aromatic rings.